The Morgan fingerprint density at radius 1 is 1.00 bits per heavy atom. The summed E-state index contributed by atoms with van der Waals surface area (Å²) in [5, 5.41) is 12.6. The zero-order valence-corrected chi connectivity index (χ0v) is 20.3. The van der Waals surface area contributed by atoms with Crippen LogP contribution in [-0.4, -0.2) is 36.1 Å². The fourth-order valence-electron chi connectivity index (χ4n) is 3.62. The van der Waals surface area contributed by atoms with E-state index in [9.17, 15) is 45.1 Å². The Morgan fingerprint density at radius 2 is 1.66 bits per heavy atom. The molecular weight excluding hydrogens is 559 g/mol. The molecule has 1 aliphatic rings. The Balaban J connectivity index is 1.78. The Bertz CT molecular complexity index is 1610. The summed E-state index contributed by atoms with van der Waals surface area (Å²) in [6.07, 6.45) is -4.63. The van der Waals surface area contributed by atoms with Gasteiger partial charge in [-0.1, -0.05) is 11.6 Å². The average molecular weight is 573 g/mol. The zero-order valence-electron chi connectivity index (χ0n) is 18.7. The third-order valence-electron chi connectivity index (χ3n) is 5.42. The van der Waals surface area contributed by atoms with Gasteiger partial charge in [0.2, 0.25) is 11.7 Å². The predicted octanol–water partition coefficient (Wildman–Crippen LogP) is 5.39. The van der Waals surface area contributed by atoms with E-state index < -0.39 is 78.6 Å². The molecule has 0 spiro atoms. The quantitative estimate of drug-likeness (QED) is 0.248. The van der Waals surface area contributed by atoms with Crippen molar-refractivity contribution in [1.29, 1.82) is 0 Å². The number of nitrogens with one attached hydrogen (secondary N) is 1. The number of amides is 1. The number of alkyl halides is 3. The predicted molar refractivity (Wildman–Crippen MR) is 126 cm³/mol. The highest BCUT2D eigenvalue weighted by Crippen LogP contribution is 2.36. The monoisotopic (exact) mass is 572 g/mol. The molecule has 2 N–H and O–H groups in total. The summed E-state index contributed by atoms with van der Waals surface area (Å²) in [7, 11) is -4.83. The van der Waals surface area contributed by atoms with E-state index in [1.807, 2.05) is 0 Å². The molecule has 1 aliphatic heterocycles. The number of hydrogen-bond donors (Lipinski definition) is 2. The van der Waals surface area contributed by atoms with Crippen molar-refractivity contribution >= 4 is 44.8 Å². The van der Waals surface area contributed by atoms with Crippen LogP contribution in [0.3, 0.4) is 0 Å². The average Bonchev–Trinajstić information content (AvgIpc) is 2.84. The van der Waals surface area contributed by atoms with Crippen molar-refractivity contribution in [1.82, 2.24) is 4.31 Å². The Morgan fingerprint density at radius 3 is 2.26 bits per heavy atom. The highest BCUT2D eigenvalue weighted by Gasteiger charge is 2.43. The summed E-state index contributed by atoms with van der Waals surface area (Å²) in [5.41, 5.74) is -2.80. The van der Waals surface area contributed by atoms with Crippen LogP contribution in [0, 0.1) is 11.6 Å². The molecule has 0 bridgehead atoms. The smallest absolute Gasteiger partial charge is 0.416 e. The van der Waals surface area contributed by atoms with Crippen molar-refractivity contribution in [3.63, 3.8) is 0 Å². The number of aliphatic hydroxyl groups excluding tert-OH is 1. The minimum Gasteiger partial charge on any atom is -0.505 e. The summed E-state index contributed by atoms with van der Waals surface area (Å²) in [5.74, 6) is -5.06. The highest BCUT2D eigenvalue weighted by atomic mass is 35.5. The first kappa shape index (κ1) is 27.1. The molecule has 4 rings (SSSR count). The molecule has 198 valence electrons. The lowest BCUT2D eigenvalue weighted by Gasteiger charge is -2.31. The summed E-state index contributed by atoms with van der Waals surface area (Å²) >= 11 is 5.74. The van der Waals surface area contributed by atoms with Crippen LogP contribution in [0.15, 0.2) is 71.3 Å². The normalized spacial score (nSPS) is 16.2. The highest BCUT2D eigenvalue weighted by molar-refractivity contribution is 7.89. The lowest BCUT2D eigenvalue weighted by molar-refractivity contribution is -0.137. The van der Waals surface area contributed by atoms with E-state index in [1.165, 1.54) is 0 Å². The van der Waals surface area contributed by atoms with Crippen LogP contribution in [0.4, 0.5) is 27.6 Å². The maximum atomic E-state index is 13.9. The SMILES string of the molecule is O=C(CN1/C(=C(/O)c2ccc(F)c(Cl)c2)C(=O)c2ccc(F)cc2S1(=O)=O)Nc1ccc(C(F)(F)F)cc1. The molecule has 14 heteroatoms. The number of anilines is 1. The molecule has 0 aliphatic carbocycles. The molecule has 0 aromatic heterocycles. The molecule has 1 heterocycles. The first-order valence-corrected chi connectivity index (χ1v) is 12.2. The summed E-state index contributed by atoms with van der Waals surface area (Å²) < 4.78 is 92.9. The van der Waals surface area contributed by atoms with Gasteiger partial charge in [-0.05, 0) is 60.7 Å². The number of Topliss-reactive ketones (excluding diaryl/α,β-unsaturated/α-hetero) is 1. The van der Waals surface area contributed by atoms with E-state index in [0.29, 0.717) is 18.2 Å². The number of halogens is 6. The number of fused-ring (bicyclic) bond motifs is 1. The summed E-state index contributed by atoms with van der Waals surface area (Å²) in [6, 6.07) is 8.26. The zero-order chi connectivity index (χ0) is 28.0. The van der Waals surface area contributed by atoms with Crippen LogP contribution >= 0.6 is 11.6 Å². The van der Waals surface area contributed by atoms with Crippen LogP contribution in [0.1, 0.15) is 21.5 Å². The Hall–Kier alpha value is -3.97. The number of allylic oxidation sites excluding steroid dienone is 1. The third kappa shape index (κ3) is 5.07. The molecular formula is C24H14ClF5N2O5S. The second-order valence-corrected chi connectivity index (χ2v) is 10.2. The van der Waals surface area contributed by atoms with E-state index in [4.69, 9.17) is 11.6 Å². The fourth-order valence-corrected chi connectivity index (χ4v) is 5.44. The van der Waals surface area contributed by atoms with Gasteiger partial charge in [0.15, 0.2) is 5.76 Å². The van der Waals surface area contributed by atoms with Gasteiger partial charge in [0.25, 0.3) is 10.0 Å². The summed E-state index contributed by atoms with van der Waals surface area (Å²) in [4.78, 5) is 25.2. The molecule has 0 unspecified atom stereocenters. The summed E-state index contributed by atoms with van der Waals surface area (Å²) in [6.45, 7) is -1.14. The van der Waals surface area contributed by atoms with E-state index in [-0.39, 0.29) is 15.6 Å². The van der Waals surface area contributed by atoms with Gasteiger partial charge in [-0.2, -0.15) is 13.2 Å². The van der Waals surface area contributed by atoms with Crippen LogP contribution in [0.5, 0.6) is 0 Å². The minimum atomic E-state index is -4.83. The first-order valence-electron chi connectivity index (χ1n) is 10.4. The van der Waals surface area contributed by atoms with Crippen LogP contribution in [0.25, 0.3) is 5.76 Å². The number of aliphatic hydroxyl groups is 1. The molecule has 0 radical (unpaired) electrons. The number of hydrogen-bond acceptors (Lipinski definition) is 5. The lowest BCUT2D eigenvalue weighted by Crippen LogP contribution is -2.44. The van der Waals surface area contributed by atoms with Gasteiger partial charge in [-0.3, -0.25) is 9.59 Å². The van der Waals surface area contributed by atoms with Crippen molar-refractivity contribution in [2.24, 2.45) is 0 Å². The molecule has 0 saturated carbocycles. The fraction of sp³-hybridized carbons (Fsp3) is 0.0833. The molecule has 38 heavy (non-hydrogen) atoms. The number of sulfonamides is 1. The molecule has 7 nitrogen and oxygen atoms in total. The molecule has 0 saturated heterocycles. The molecule has 0 fully saturated rings. The van der Waals surface area contributed by atoms with Crippen molar-refractivity contribution in [2.75, 3.05) is 11.9 Å². The van der Waals surface area contributed by atoms with Crippen LogP contribution in [0.2, 0.25) is 5.02 Å². The molecule has 3 aromatic carbocycles. The number of nitrogens with zero attached hydrogens (tertiary/aromatic N) is 1. The maximum absolute atomic E-state index is 13.9. The topological polar surface area (TPSA) is 104 Å². The van der Waals surface area contributed by atoms with Crippen molar-refractivity contribution < 1.29 is 45.1 Å². The van der Waals surface area contributed by atoms with Gasteiger partial charge >= 0.3 is 6.18 Å². The second-order valence-electron chi connectivity index (χ2n) is 7.93. The number of rotatable bonds is 4. The minimum absolute atomic E-state index is 0.129. The van der Waals surface area contributed by atoms with Gasteiger partial charge in [0.1, 0.15) is 28.8 Å². The van der Waals surface area contributed by atoms with Crippen molar-refractivity contribution in [3.05, 3.63) is 99.7 Å². The second kappa shape index (κ2) is 9.72. The largest absolute Gasteiger partial charge is 0.505 e. The number of benzene rings is 3. The molecule has 0 atom stereocenters. The van der Waals surface area contributed by atoms with Gasteiger partial charge in [-0.25, -0.2) is 21.5 Å². The first-order chi connectivity index (χ1) is 17.7. The Labute approximate surface area is 216 Å². The van der Waals surface area contributed by atoms with E-state index in [1.54, 1.807) is 0 Å². The van der Waals surface area contributed by atoms with Gasteiger partial charge < -0.3 is 10.4 Å². The number of carbonyl (C=O) groups excluding carboxylic acids is 2. The molecule has 1 amide bonds. The van der Waals surface area contributed by atoms with Crippen molar-refractivity contribution in [2.45, 2.75) is 11.1 Å². The third-order valence-corrected chi connectivity index (χ3v) is 7.50. The lowest BCUT2D eigenvalue weighted by atomic mass is 10.0. The van der Waals surface area contributed by atoms with E-state index in [0.717, 1.165) is 42.5 Å². The molecule has 3 aromatic rings. The van der Waals surface area contributed by atoms with E-state index >= 15 is 0 Å². The van der Waals surface area contributed by atoms with Gasteiger partial charge in [0.05, 0.1) is 10.6 Å². The maximum Gasteiger partial charge on any atom is 0.416 e. The number of carbonyl (C=O) groups is 2. The van der Waals surface area contributed by atoms with Gasteiger partial charge in [0, 0.05) is 16.8 Å². The number of ketones is 1. The van der Waals surface area contributed by atoms with Crippen molar-refractivity contribution in [3.8, 4) is 0 Å². The van der Waals surface area contributed by atoms with Crippen LogP contribution in [-0.2, 0) is 21.0 Å². The Kier molecular flexibility index (Phi) is 6.93. The van der Waals surface area contributed by atoms with E-state index in [2.05, 4.69) is 5.32 Å². The standard InChI is InChI=1S/C24H14ClF5N2O5S/c25-17-9-12(1-8-18(17)27)22(34)21-23(35)16-7-4-14(26)10-19(16)38(36,37)32(21)11-20(33)31-15-5-2-13(3-6-15)24(28,29)30/h1-10,34H,11H2,(H,31,33)/b22-21+. The van der Waals surface area contributed by atoms with Gasteiger partial charge in [-0.15, -0.1) is 0 Å². The van der Waals surface area contributed by atoms with Crippen LogP contribution < -0.4 is 5.32 Å².